The Labute approximate surface area is 103 Å². The van der Waals surface area contributed by atoms with Crippen LogP contribution in [0.5, 0.6) is 5.75 Å². The zero-order chi connectivity index (χ0) is 11.4. The standard InChI is InChI=1S/C13H12BrNO/c14-12-7-6-10(8-13(12)15)9-16-11-4-2-1-3-5-11/h1-8H,9,15H2. The van der Waals surface area contributed by atoms with Crippen LogP contribution in [0.15, 0.2) is 53.0 Å². The van der Waals surface area contributed by atoms with Gasteiger partial charge in [0.2, 0.25) is 0 Å². The van der Waals surface area contributed by atoms with Crippen LogP contribution < -0.4 is 10.5 Å². The van der Waals surface area contributed by atoms with Crippen LogP contribution in [0.3, 0.4) is 0 Å². The first kappa shape index (κ1) is 11.0. The lowest BCUT2D eigenvalue weighted by atomic mass is 10.2. The summed E-state index contributed by atoms with van der Waals surface area (Å²) in [5, 5.41) is 0. The summed E-state index contributed by atoms with van der Waals surface area (Å²) in [6.45, 7) is 0.529. The van der Waals surface area contributed by atoms with E-state index in [-0.39, 0.29) is 0 Å². The molecule has 0 amide bonds. The maximum atomic E-state index is 5.79. The van der Waals surface area contributed by atoms with Gasteiger partial charge in [0.1, 0.15) is 12.4 Å². The molecule has 0 spiro atoms. The quantitative estimate of drug-likeness (QED) is 0.870. The largest absolute Gasteiger partial charge is 0.489 e. The van der Waals surface area contributed by atoms with Crippen molar-refractivity contribution in [2.75, 3.05) is 5.73 Å². The van der Waals surface area contributed by atoms with E-state index in [1.807, 2.05) is 48.5 Å². The lowest BCUT2D eigenvalue weighted by Crippen LogP contribution is -1.96. The molecule has 0 unspecified atom stereocenters. The fourth-order valence-corrected chi connectivity index (χ4v) is 1.61. The van der Waals surface area contributed by atoms with Gasteiger partial charge in [-0.25, -0.2) is 0 Å². The molecule has 0 saturated heterocycles. The third-order valence-electron chi connectivity index (χ3n) is 2.21. The Morgan fingerprint density at radius 2 is 1.81 bits per heavy atom. The number of halogens is 1. The Morgan fingerprint density at radius 3 is 2.50 bits per heavy atom. The number of benzene rings is 2. The number of nitrogens with two attached hydrogens (primary N) is 1. The zero-order valence-corrected chi connectivity index (χ0v) is 10.3. The third-order valence-corrected chi connectivity index (χ3v) is 2.93. The Balaban J connectivity index is 2.03. The average molecular weight is 278 g/mol. The Kier molecular flexibility index (Phi) is 3.47. The fraction of sp³-hybridized carbons (Fsp3) is 0.0769. The highest BCUT2D eigenvalue weighted by Crippen LogP contribution is 2.21. The lowest BCUT2D eigenvalue weighted by Gasteiger charge is -2.07. The SMILES string of the molecule is Nc1cc(COc2ccccc2)ccc1Br. The zero-order valence-electron chi connectivity index (χ0n) is 8.69. The highest BCUT2D eigenvalue weighted by molar-refractivity contribution is 9.10. The van der Waals surface area contributed by atoms with Crippen LogP contribution in [-0.4, -0.2) is 0 Å². The molecular formula is C13H12BrNO. The third kappa shape index (κ3) is 2.76. The summed E-state index contributed by atoms with van der Waals surface area (Å²) in [6.07, 6.45) is 0. The molecule has 0 aliphatic rings. The van der Waals surface area contributed by atoms with Gasteiger partial charge in [0.25, 0.3) is 0 Å². The van der Waals surface area contributed by atoms with Gasteiger partial charge in [-0.05, 0) is 45.8 Å². The minimum atomic E-state index is 0.529. The molecule has 0 aliphatic carbocycles. The van der Waals surface area contributed by atoms with Crippen LogP contribution in [0.1, 0.15) is 5.56 Å². The van der Waals surface area contributed by atoms with E-state index < -0.39 is 0 Å². The first-order valence-electron chi connectivity index (χ1n) is 4.97. The molecule has 2 aromatic carbocycles. The summed E-state index contributed by atoms with van der Waals surface area (Å²) < 4.78 is 6.53. The lowest BCUT2D eigenvalue weighted by molar-refractivity contribution is 0.306. The van der Waals surface area contributed by atoms with Crippen molar-refractivity contribution in [2.45, 2.75) is 6.61 Å². The Hall–Kier alpha value is -1.48. The Bertz CT molecular complexity index is 471. The van der Waals surface area contributed by atoms with Gasteiger partial charge in [0, 0.05) is 10.2 Å². The number of nitrogen functional groups attached to an aromatic ring is 1. The topological polar surface area (TPSA) is 35.2 Å². The smallest absolute Gasteiger partial charge is 0.119 e. The molecule has 2 N–H and O–H groups in total. The number of ether oxygens (including phenoxy) is 1. The minimum absolute atomic E-state index is 0.529. The second-order valence-corrected chi connectivity index (χ2v) is 4.31. The number of anilines is 1. The van der Waals surface area contributed by atoms with E-state index in [4.69, 9.17) is 10.5 Å². The molecule has 0 aromatic heterocycles. The van der Waals surface area contributed by atoms with E-state index in [1.54, 1.807) is 0 Å². The number of hydrogen-bond donors (Lipinski definition) is 1. The Morgan fingerprint density at radius 1 is 1.06 bits per heavy atom. The highest BCUT2D eigenvalue weighted by Gasteiger charge is 1.99. The van der Waals surface area contributed by atoms with Crippen LogP contribution in [-0.2, 0) is 6.61 Å². The van der Waals surface area contributed by atoms with Crippen molar-refractivity contribution in [1.82, 2.24) is 0 Å². The van der Waals surface area contributed by atoms with E-state index >= 15 is 0 Å². The van der Waals surface area contributed by atoms with Gasteiger partial charge >= 0.3 is 0 Å². The predicted molar refractivity (Wildman–Crippen MR) is 69.3 cm³/mol. The normalized spacial score (nSPS) is 10.1. The van der Waals surface area contributed by atoms with E-state index in [0.717, 1.165) is 21.5 Å². The highest BCUT2D eigenvalue weighted by atomic mass is 79.9. The van der Waals surface area contributed by atoms with Gasteiger partial charge in [-0.2, -0.15) is 0 Å². The summed E-state index contributed by atoms with van der Waals surface area (Å²) in [6, 6.07) is 15.6. The van der Waals surface area contributed by atoms with Crippen molar-refractivity contribution in [3.8, 4) is 5.75 Å². The number of hydrogen-bond acceptors (Lipinski definition) is 2. The fourth-order valence-electron chi connectivity index (χ4n) is 1.37. The van der Waals surface area contributed by atoms with Crippen LogP contribution in [0.25, 0.3) is 0 Å². The van der Waals surface area contributed by atoms with Gasteiger partial charge in [-0.15, -0.1) is 0 Å². The molecule has 0 fully saturated rings. The molecule has 3 heteroatoms. The molecule has 0 aliphatic heterocycles. The van der Waals surface area contributed by atoms with Gasteiger partial charge in [-0.1, -0.05) is 24.3 Å². The van der Waals surface area contributed by atoms with E-state index in [1.165, 1.54) is 0 Å². The van der Waals surface area contributed by atoms with Gasteiger partial charge in [0.15, 0.2) is 0 Å². The first-order chi connectivity index (χ1) is 7.75. The summed E-state index contributed by atoms with van der Waals surface area (Å²) in [4.78, 5) is 0. The maximum Gasteiger partial charge on any atom is 0.119 e. The predicted octanol–water partition coefficient (Wildman–Crippen LogP) is 3.61. The summed E-state index contributed by atoms with van der Waals surface area (Å²) in [5.41, 5.74) is 7.58. The molecule has 2 aromatic rings. The van der Waals surface area contributed by atoms with Crippen LogP contribution in [0.2, 0.25) is 0 Å². The first-order valence-corrected chi connectivity index (χ1v) is 5.77. The second-order valence-electron chi connectivity index (χ2n) is 3.46. The van der Waals surface area contributed by atoms with Crippen molar-refractivity contribution in [1.29, 1.82) is 0 Å². The van der Waals surface area contributed by atoms with Crippen LogP contribution in [0.4, 0.5) is 5.69 Å². The molecule has 0 radical (unpaired) electrons. The van der Waals surface area contributed by atoms with Crippen molar-refractivity contribution >= 4 is 21.6 Å². The molecule has 2 rings (SSSR count). The van der Waals surface area contributed by atoms with Crippen LogP contribution >= 0.6 is 15.9 Å². The van der Waals surface area contributed by atoms with Crippen molar-refractivity contribution in [3.05, 3.63) is 58.6 Å². The summed E-state index contributed by atoms with van der Waals surface area (Å²) >= 11 is 3.36. The van der Waals surface area contributed by atoms with Crippen molar-refractivity contribution in [3.63, 3.8) is 0 Å². The molecule has 2 nitrogen and oxygen atoms in total. The molecule has 16 heavy (non-hydrogen) atoms. The average Bonchev–Trinajstić information content (AvgIpc) is 2.32. The molecule has 0 heterocycles. The molecule has 0 atom stereocenters. The molecular weight excluding hydrogens is 266 g/mol. The van der Waals surface area contributed by atoms with Crippen LogP contribution in [0, 0.1) is 0 Å². The molecule has 0 saturated carbocycles. The van der Waals surface area contributed by atoms with E-state index in [0.29, 0.717) is 6.61 Å². The molecule has 0 bridgehead atoms. The second kappa shape index (κ2) is 5.03. The molecule has 82 valence electrons. The van der Waals surface area contributed by atoms with Gasteiger partial charge < -0.3 is 10.5 Å². The van der Waals surface area contributed by atoms with Gasteiger partial charge in [-0.3, -0.25) is 0 Å². The minimum Gasteiger partial charge on any atom is -0.489 e. The van der Waals surface area contributed by atoms with E-state index in [9.17, 15) is 0 Å². The maximum absolute atomic E-state index is 5.79. The van der Waals surface area contributed by atoms with Gasteiger partial charge in [0.05, 0.1) is 0 Å². The van der Waals surface area contributed by atoms with E-state index in [2.05, 4.69) is 15.9 Å². The monoisotopic (exact) mass is 277 g/mol. The summed E-state index contributed by atoms with van der Waals surface area (Å²) in [7, 11) is 0. The summed E-state index contributed by atoms with van der Waals surface area (Å²) in [5.74, 6) is 0.865. The van der Waals surface area contributed by atoms with Crippen molar-refractivity contribution < 1.29 is 4.74 Å². The number of para-hydroxylation sites is 1. The number of rotatable bonds is 3. The van der Waals surface area contributed by atoms with Crippen molar-refractivity contribution in [2.24, 2.45) is 0 Å².